The van der Waals surface area contributed by atoms with E-state index in [-0.39, 0.29) is 12.6 Å². The minimum absolute atomic E-state index is 0.00636. The van der Waals surface area contributed by atoms with Crippen molar-refractivity contribution in [1.82, 2.24) is 20.0 Å². The third-order valence-corrected chi connectivity index (χ3v) is 3.98. The molecule has 3 rings (SSSR count). The van der Waals surface area contributed by atoms with Gasteiger partial charge in [0, 0.05) is 24.8 Å². The lowest BCUT2D eigenvalue weighted by Crippen LogP contribution is -2.46. The quantitative estimate of drug-likeness (QED) is 0.882. The molecule has 23 heavy (non-hydrogen) atoms. The highest BCUT2D eigenvalue weighted by atomic mass is 19.1. The van der Waals surface area contributed by atoms with Crippen molar-refractivity contribution in [3.63, 3.8) is 0 Å². The summed E-state index contributed by atoms with van der Waals surface area (Å²) in [4.78, 5) is 13.6. The van der Waals surface area contributed by atoms with E-state index < -0.39 is 6.30 Å². The van der Waals surface area contributed by atoms with E-state index in [2.05, 4.69) is 10.4 Å². The third-order valence-electron chi connectivity index (χ3n) is 3.98. The molecular weight excluding hydrogens is 295 g/mol. The molecule has 1 aromatic carbocycles. The number of nitrogens with zero attached hydrogens (tertiary/aromatic N) is 3. The molecule has 5 nitrogen and oxygen atoms in total. The van der Waals surface area contributed by atoms with Gasteiger partial charge in [-0.15, -0.1) is 0 Å². The standard InChI is InChI=1S/C17H21FN4O/c18-16(19-17(23)21-10-5-2-6-11-21)13-22-12-9-15(20-22)14-7-3-1-4-8-14/h1,3-4,7-9,12,16H,2,5-6,10-11,13H2,(H,19,23)/t16-/m1/s1. The molecule has 0 saturated carbocycles. The normalized spacial score (nSPS) is 16.1. The first-order valence-corrected chi connectivity index (χ1v) is 8.01. The fourth-order valence-electron chi connectivity index (χ4n) is 2.76. The third kappa shape index (κ3) is 4.09. The summed E-state index contributed by atoms with van der Waals surface area (Å²) in [6.07, 6.45) is 3.39. The van der Waals surface area contributed by atoms with Crippen molar-refractivity contribution < 1.29 is 9.18 Å². The number of carbonyl (C=O) groups excluding carboxylic acids is 1. The van der Waals surface area contributed by atoms with E-state index in [1.165, 1.54) is 4.68 Å². The Labute approximate surface area is 135 Å². The molecule has 2 aromatic rings. The first-order valence-electron chi connectivity index (χ1n) is 8.01. The maximum Gasteiger partial charge on any atom is 0.319 e. The fourth-order valence-corrected chi connectivity index (χ4v) is 2.76. The van der Waals surface area contributed by atoms with Crippen LogP contribution in [0.4, 0.5) is 9.18 Å². The molecule has 1 N–H and O–H groups in total. The van der Waals surface area contributed by atoms with Crippen molar-refractivity contribution >= 4 is 6.03 Å². The molecular formula is C17H21FN4O. The number of piperidine rings is 1. The van der Waals surface area contributed by atoms with Gasteiger partial charge in [0.15, 0.2) is 6.30 Å². The second-order valence-electron chi connectivity index (χ2n) is 5.75. The Morgan fingerprint density at radius 2 is 1.91 bits per heavy atom. The fraction of sp³-hybridized carbons (Fsp3) is 0.412. The SMILES string of the molecule is O=C(N[C@@H](F)Cn1ccc(-c2ccccc2)n1)N1CCCCC1. The van der Waals surface area contributed by atoms with E-state index in [1.54, 1.807) is 11.1 Å². The Balaban J connectivity index is 1.54. The van der Waals surface area contributed by atoms with Crippen molar-refractivity contribution in [2.45, 2.75) is 32.1 Å². The maximum atomic E-state index is 14.1. The number of likely N-dealkylation sites (tertiary alicyclic amines) is 1. The van der Waals surface area contributed by atoms with Gasteiger partial charge in [-0.2, -0.15) is 5.10 Å². The summed E-state index contributed by atoms with van der Waals surface area (Å²) in [6.45, 7) is 1.42. The van der Waals surface area contributed by atoms with Gasteiger partial charge in [0.2, 0.25) is 0 Å². The van der Waals surface area contributed by atoms with Crippen molar-refractivity contribution in [3.05, 3.63) is 42.6 Å². The highest BCUT2D eigenvalue weighted by molar-refractivity contribution is 5.74. The smallest absolute Gasteiger partial charge is 0.319 e. The Hall–Kier alpha value is -2.37. The van der Waals surface area contributed by atoms with E-state index in [0.717, 1.165) is 30.5 Å². The van der Waals surface area contributed by atoms with Crippen LogP contribution in [0.5, 0.6) is 0 Å². The average molecular weight is 316 g/mol. The highest BCUT2D eigenvalue weighted by Gasteiger charge is 2.19. The monoisotopic (exact) mass is 316 g/mol. The van der Waals surface area contributed by atoms with Gasteiger partial charge in [0.1, 0.15) is 0 Å². The van der Waals surface area contributed by atoms with Gasteiger partial charge in [-0.25, -0.2) is 9.18 Å². The zero-order chi connectivity index (χ0) is 16.1. The summed E-state index contributed by atoms with van der Waals surface area (Å²) in [5.74, 6) is 0. The molecule has 1 saturated heterocycles. The van der Waals surface area contributed by atoms with E-state index in [9.17, 15) is 9.18 Å². The van der Waals surface area contributed by atoms with Crippen LogP contribution in [0, 0.1) is 0 Å². The van der Waals surface area contributed by atoms with Crippen LogP contribution in [0.1, 0.15) is 19.3 Å². The van der Waals surface area contributed by atoms with Crippen LogP contribution in [-0.2, 0) is 6.54 Å². The average Bonchev–Trinajstić information content (AvgIpc) is 3.04. The summed E-state index contributed by atoms with van der Waals surface area (Å²) in [5.41, 5.74) is 1.78. The summed E-state index contributed by atoms with van der Waals surface area (Å²) in [6, 6.07) is 11.2. The van der Waals surface area contributed by atoms with Crippen LogP contribution in [0.3, 0.4) is 0 Å². The van der Waals surface area contributed by atoms with Crippen molar-refractivity contribution in [1.29, 1.82) is 0 Å². The molecule has 0 bridgehead atoms. The Kier molecular flexibility index (Phi) is 4.90. The van der Waals surface area contributed by atoms with E-state index in [0.29, 0.717) is 13.1 Å². The molecule has 0 unspecified atom stereocenters. The van der Waals surface area contributed by atoms with Crippen LogP contribution in [0.2, 0.25) is 0 Å². The maximum absolute atomic E-state index is 14.1. The van der Waals surface area contributed by atoms with Gasteiger partial charge in [-0.05, 0) is 25.3 Å². The Morgan fingerprint density at radius 1 is 1.17 bits per heavy atom. The number of alkyl halides is 1. The van der Waals surface area contributed by atoms with Gasteiger partial charge in [-0.3, -0.25) is 4.68 Å². The number of hydrogen-bond donors (Lipinski definition) is 1. The van der Waals surface area contributed by atoms with Crippen LogP contribution >= 0.6 is 0 Å². The lowest BCUT2D eigenvalue weighted by molar-refractivity contribution is 0.161. The summed E-state index contributed by atoms with van der Waals surface area (Å²) in [5, 5.41) is 6.76. The number of nitrogens with one attached hydrogen (secondary N) is 1. The van der Waals surface area contributed by atoms with Crippen molar-refractivity contribution in [3.8, 4) is 11.3 Å². The molecule has 2 amide bonds. The van der Waals surface area contributed by atoms with Gasteiger partial charge in [-0.1, -0.05) is 30.3 Å². The van der Waals surface area contributed by atoms with E-state index in [4.69, 9.17) is 0 Å². The van der Waals surface area contributed by atoms with Crippen molar-refractivity contribution in [2.24, 2.45) is 0 Å². The van der Waals surface area contributed by atoms with Gasteiger partial charge in [0.05, 0.1) is 12.2 Å². The number of carbonyl (C=O) groups is 1. The summed E-state index contributed by atoms with van der Waals surface area (Å²) < 4.78 is 15.6. The molecule has 1 atom stereocenters. The van der Waals surface area contributed by atoms with Crippen LogP contribution in [-0.4, -0.2) is 40.1 Å². The first-order chi connectivity index (χ1) is 11.2. The summed E-state index contributed by atoms with van der Waals surface area (Å²) >= 11 is 0. The number of hydrogen-bond acceptors (Lipinski definition) is 2. The molecule has 2 heterocycles. The van der Waals surface area contributed by atoms with Crippen LogP contribution in [0.15, 0.2) is 42.6 Å². The number of halogens is 1. The highest BCUT2D eigenvalue weighted by Crippen LogP contribution is 2.16. The number of benzene rings is 1. The molecule has 0 radical (unpaired) electrons. The predicted molar refractivity (Wildman–Crippen MR) is 86.5 cm³/mol. The van der Waals surface area contributed by atoms with Gasteiger partial charge < -0.3 is 10.2 Å². The topological polar surface area (TPSA) is 50.2 Å². The molecule has 1 aliphatic heterocycles. The van der Waals surface area contributed by atoms with Gasteiger partial charge in [0.25, 0.3) is 0 Å². The van der Waals surface area contributed by atoms with E-state index >= 15 is 0 Å². The number of rotatable bonds is 4. The number of aromatic nitrogens is 2. The lowest BCUT2D eigenvalue weighted by atomic mass is 10.1. The zero-order valence-corrected chi connectivity index (χ0v) is 13.0. The molecule has 1 aliphatic rings. The first kappa shape index (κ1) is 15.5. The Bertz CT molecular complexity index is 637. The molecule has 0 spiro atoms. The minimum Gasteiger partial charge on any atom is -0.325 e. The van der Waals surface area contributed by atoms with Gasteiger partial charge >= 0.3 is 6.03 Å². The lowest BCUT2D eigenvalue weighted by Gasteiger charge is -2.27. The van der Waals surface area contributed by atoms with Crippen LogP contribution < -0.4 is 5.32 Å². The Morgan fingerprint density at radius 3 is 2.65 bits per heavy atom. The molecule has 122 valence electrons. The number of urea groups is 1. The second kappa shape index (κ2) is 7.26. The molecule has 1 aromatic heterocycles. The molecule has 6 heteroatoms. The number of amides is 2. The largest absolute Gasteiger partial charge is 0.325 e. The molecule has 0 aliphatic carbocycles. The summed E-state index contributed by atoms with van der Waals surface area (Å²) in [7, 11) is 0. The second-order valence-corrected chi connectivity index (χ2v) is 5.75. The zero-order valence-electron chi connectivity index (χ0n) is 13.0. The van der Waals surface area contributed by atoms with Crippen molar-refractivity contribution in [2.75, 3.05) is 13.1 Å². The minimum atomic E-state index is -1.45. The van der Waals surface area contributed by atoms with Crippen LogP contribution in [0.25, 0.3) is 11.3 Å². The molecule has 1 fully saturated rings. The predicted octanol–water partition coefficient (Wildman–Crippen LogP) is 3.04. The van der Waals surface area contributed by atoms with E-state index in [1.807, 2.05) is 36.4 Å².